The van der Waals surface area contributed by atoms with Crippen LogP contribution in [0.25, 0.3) is 4.96 Å². The van der Waals surface area contributed by atoms with Crippen molar-refractivity contribution < 1.29 is 4.79 Å². The van der Waals surface area contributed by atoms with Gasteiger partial charge in [0.2, 0.25) is 5.91 Å². The van der Waals surface area contributed by atoms with Crippen LogP contribution in [0.3, 0.4) is 0 Å². The van der Waals surface area contributed by atoms with E-state index in [0.717, 1.165) is 22.8 Å². The fraction of sp³-hybridized carbons (Fsp3) is 0.333. The lowest BCUT2D eigenvalue weighted by Crippen LogP contribution is -2.31. The SMILES string of the molecule is CCc1cc(=O)n(CCNC(=O)Cc2cn3ccsc3n2)cn1. The summed E-state index contributed by atoms with van der Waals surface area (Å²) in [6, 6.07) is 1.53. The van der Waals surface area contributed by atoms with Gasteiger partial charge in [-0.15, -0.1) is 11.3 Å². The summed E-state index contributed by atoms with van der Waals surface area (Å²) in [6.45, 7) is 2.74. The van der Waals surface area contributed by atoms with Crippen LogP contribution in [-0.4, -0.2) is 31.4 Å². The van der Waals surface area contributed by atoms with E-state index in [2.05, 4.69) is 15.3 Å². The zero-order valence-corrected chi connectivity index (χ0v) is 13.5. The molecule has 1 amide bonds. The van der Waals surface area contributed by atoms with Gasteiger partial charge in [0, 0.05) is 42.6 Å². The summed E-state index contributed by atoms with van der Waals surface area (Å²) >= 11 is 1.53. The molecule has 0 aliphatic rings. The van der Waals surface area contributed by atoms with Crippen molar-refractivity contribution in [3.05, 3.63) is 51.9 Å². The minimum Gasteiger partial charge on any atom is -0.354 e. The van der Waals surface area contributed by atoms with Gasteiger partial charge in [-0.3, -0.25) is 18.6 Å². The largest absolute Gasteiger partial charge is 0.354 e. The first kappa shape index (κ1) is 15.4. The monoisotopic (exact) mass is 331 g/mol. The van der Waals surface area contributed by atoms with Gasteiger partial charge < -0.3 is 5.32 Å². The summed E-state index contributed by atoms with van der Waals surface area (Å²) in [4.78, 5) is 33.2. The Kier molecular flexibility index (Phi) is 4.52. The third kappa shape index (κ3) is 3.65. The standard InChI is InChI=1S/C15H17N5O2S/c1-2-11-8-14(22)20(10-17-11)4-3-16-13(21)7-12-9-19-5-6-23-15(19)18-12/h5-6,8-10H,2-4,7H2,1H3,(H,16,21). The average Bonchev–Trinajstić information content (AvgIpc) is 3.10. The fourth-order valence-electron chi connectivity index (χ4n) is 2.23. The van der Waals surface area contributed by atoms with Crippen molar-refractivity contribution in [2.24, 2.45) is 0 Å². The van der Waals surface area contributed by atoms with E-state index in [0.29, 0.717) is 13.1 Å². The van der Waals surface area contributed by atoms with Crippen molar-refractivity contribution >= 4 is 22.2 Å². The zero-order chi connectivity index (χ0) is 16.2. The molecule has 0 saturated carbocycles. The Labute approximate surface area is 136 Å². The van der Waals surface area contributed by atoms with Crippen molar-refractivity contribution in [2.45, 2.75) is 26.3 Å². The zero-order valence-electron chi connectivity index (χ0n) is 12.7. The molecule has 0 radical (unpaired) electrons. The number of hydrogen-bond acceptors (Lipinski definition) is 5. The van der Waals surface area contributed by atoms with Gasteiger partial charge in [0.25, 0.3) is 5.56 Å². The van der Waals surface area contributed by atoms with Gasteiger partial charge in [-0.05, 0) is 6.42 Å². The Hall–Kier alpha value is -2.48. The maximum Gasteiger partial charge on any atom is 0.253 e. The second kappa shape index (κ2) is 6.74. The maximum absolute atomic E-state index is 11.9. The molecule has 0 aliphatic heterocycles. The number of hydrogen-bond donors (Lipinski definition) is 1. The number of amides is 1. The van der Waals surface area contributed by atoms with Crippen molar-refractivity contribution in [3.8, 4) is 0 Å². The summed E-state index contributed by atoms with van der Waals surface area (Å²) in [6.07, 6.45) is 6.25. The molecule has 8 heteroatoms. The molecular formula is C15H17N5O2S. The molecule has 0 aromatic carbocycles. The fourth-order valence-corrected chi connectivity index (χ4v) is 2.95. The molecular weight excluding hydrogens is 314 g/mol. The number of carbonyl (C=O) groups is 1. The molecule has 0 unspecified atom stereocenters. The lowest BCUT2D eigenvalue weighted by Gasteiger charge is -2.07. The molecule has 3 aromatic rings. The van der Waals surface area contributed by atoms with Crippen molar-refractivity contribution in [3.63, 3.8) is 0 Å². The van der Waals surface area contributed by atoms with Crippen LogP contribution < -0.4 is 10.9 Å². The second-order valence-corrected chi connectivity index (χ2v) is 5.99. The third-order valence-electron chi connectivity index (χ3n) is 3.46. The molecule has 1 N–H and O–H groups in total. The number of nitrogens with one attached hydrogen (secondary N) is 1. The van der Waals surface area contributed by atoms with Crippen LogP contribution in [0.15, 0.2) is 35.0 Å². The highest BCUT2D eigenvalue weighted by Crippen LogP contribution is 2.11. The van der Waals surface area contributed by atoms with E-state index in [1.807, 2.05) is 29.1 Å². The number of rotatable bonds is 6. The van der Waals surface area contributed by atoms with Crippen LogP contribution in [-0.2, 0) is 24.2 Å². The Morgan fingerprint density at radius 3 is 3.00 bits per heavy atom. The summed E-state index contributed by atoms with van der Waals surface area (Å²) in [7, 11) is 0. The summed E-state index contributed by atoms with van der Waals surface area (Å²) in [5.41, 5.74) is 1.41. The van der Waals surface area contributed by atoms with Gasteiger partial charge in [-0.25, -0.2) is 9.97 Å². The van der Waals surface area contributed by atoms with Crippen LogP contribution in [0.5, 0.6) is 0 Å². The Morgan fingerprint density at radius 2 is 2.26 bits per heavy atom. The van der Waals surface area contributed by atoms with Crippen LogP contribution in [0.1, 0.15) is 18.3 Å². The molecule has 120 valence electrons. The predicted molar refractivity (Wildman–Crippen MR) is 87.7 cm³/mol. The van der Waals surface area contributed by atoms with Gasteiger partial charge in [0.1, 0.15) is 0 Å². The number of aryl methyl sites for hydroxylation is 1. The van der Waals surface area contributed by atoms with Crippen LogP contribution >= 0.6 is 11.3 Å². The Morgan fingerprint density at radius 1 is 1.39 bits per heavy atom. The van der Waals surface area contributed by atoms with E-state index in [-0.39, 0.29) is 17.9 Å². The normalized spacial score (nSPS) is 11.0. The first-order valence-corrected chi connectivity index (χ1v) is 8.27. The van der Waals surface area contributed by atoms with Crippen molar-refractivity contribution in [1.82, 2.24) is 24.3 Å². The average molecular weight is 331 g/mol. The van der Waals surface area contributed by atoms with Crippen molar-refractivity contribution in [1.29, 1.82) is 0 Å². The Bertz CT molecular complexity index is 851. The second-order valence-electron chi connectivity index (χ2n) is 5.12. The molecule has 7 nitrogen and oxygen atoms in total. The summed E-state index contributed by atoms with van der Waals surface area (Å²) < 4.78 is 3.39. The smallest absolute Gasteiger partial charge is 0.253 e. The quantitative estimate of drug-likeness (QED) is 0.727. The van der Waals surface area contributed by atoms with Gasteiger partial charge >= 0.3 is 0 Å². The van der Waals surface area contributed by atoms with Crippen LogP contribution in [0, 0.1) is 0 Å². The maximum atomic E-state index is 11.9. The van der Waals surface area contributed by atoms with Crippen LogP contribution in [0.4, 0.5) is 0 Å². The minimum absolute atomic E-state index is 0.0968. The highest BCUT2D eigenvalue weighted by atomic mass is 32.1. The van der Waals surface area contributed by atoms with Crippen molar-refractivity contribution in [2.75, 3.05) is 6.54 Å². The molecule has 0 saturated heterocycles. The number of imidazole rings is 1. The van der Waals surface area contributed by atoms with Gasteiger partial charge in [0.05, 0.1) is 18.4 Å². The van der Waals surface area contributed by atoms with E-state index in [4.69, 9.17) is 0 Å². The van der Waals surface area contributed by atoms with E-state index in [1.54, 1.807) is 0 Å². The highest BCUT2D eigenvalue weighted by Gasteiger charge is 2.08. The summed E-state index contributed by atoms with van der Waals surface area (Å²) in [5.74, 6) is -0.109. The first-order valence-electron chi connectivity index (χ1n) is 7.39. The highest BCUT2D eigenvalue weighted by molar-refractivity contribution is 7.15. The van der Waals surface area contributed by atoms with E-state index >= 15 is 0 Å². The van der Waals surface area contributed by atoms with E-state index in [1.165, 1.54) is 28.3 Å². The third-order valence-corrected chi connectivity index (χ3v) is 4.23. The molecule has 0 spiro atoms. The molecule has 0 fully saturated rings. The number of nitrogens with zero attached hydrogens (tertiary/aromatic N) is 4. The molecule has 3 aromatic heterocycles. The minimum atomic E-state index is -0.109. The molecule has 0 bridgehead atoms. The molecule has 0 aliphatic carbocycles. The number of aromatic nitrogens is 4. The lowest BCUT2D eigenvalue weighted by atomic mass is 10.3. The molecule has 23 heavy (non-hydrogen) atoms. The lowest BCUT2D eigenvalue weighted by molar-refractivity contribution is -0.120. The van der Waals surface area contributed by atoms with Gasteiger partial charge in [0.15, 0.2) is 4.96 Å². The van der Waals surface area contributed by atoms with Gasteiger partial charge in [-0.2, -0.15) is 0 Å². The molecule has 3 rings (SSSR count). The number of carbonyl (C=O) groups excluding carboxylic acids is 1. The summed E-state index contributed by atoms with van der Waals surface area (Å²) in [5, 5.41) is 4.75. The Balaban J connectivity index is 1.51. The topological polar surface area (TPSA) is 81.3 Å². The van der Waals surface area contributed by atoms with Crippen LogP contribution in [0.2, 0.25) is 0 Å². The molecule has 3 heterocycles. The van der Waals surface area contributed by atoms with E-state index < -0.39 is 0 Å². The van der Waals surface area contributed by atoms with E-state index in [9.17, 15) is 9.59 Å². The number of thiazole rings is 1. The predicted octanol–water partition coefficient (Wildman–Crippen LogP) is 0.874. The molecule has 0 atom stereocenters. The van der Waals surface area contributed by atoms with Gasteiger partial charge in [-0.1, -0.05) is 6.92 Å². The number of fused-ring (bicyclic) bond motifs is 1. The first-order chi connectivity index (χ1) is 11.2.